The molecule has 1 saturated carbocycles. The van der Waals surface area contributed by atoms with Gasteiger partial charge in [0.15, 0.2) is 19.7 Å². The lowest BCUT2D eigenvalue weighted by Gasteiger charge is -2.35. The number of sulfone groups is 2. The molecule has 0 radical (unpaired) electrons. The molecule has 0 bridgehead atoms. The maximum atomic E-state index is 13.1. The molecule has 9 heteroatoms. The second-order valence-corrected chi connectivity index (χ2v) is 12.7. The Morgan fingerprint density at radius 2 is 1.48 bits per heavy atom. The van der Waals surface area contributed by atoms with Crippen LogP contribution in [0.3, 0.4) is 0 Å². The van der Waals surface area contributed by atoms with Gasteiger partial charge in [-0.2, -0.15) is 0 Å². The summed E-state index contributed by atoms with van der Waals surface area (Å²) in [7, 11) is -6.83. The molecule has 1 saturated heterocycles. The molecule has 1 amide bonds. The van der Waals surface area contributed by atoms with Crippen molar-refractivity contribution in [2.24, 2.45) is 5.41 Å². The highest BCUT2D eigenvalue weighted by Gasteiger charge is 2.44. The van der Waals surface area contributed by atoms with Crippen molar-refractivity contribution in [2.45, 2.75) is 35.5 Å². The summed E-state index contributed by atoms with van der Waals surface area (Å²) in [4.78, 5) is 15.5. The number of carbonyl (C=O) groups excluding carboxylic acids is 1. The molecule has 7 nitrogen and oxygen atoms in total. The first-order valence-electron chi connectivity index (χ1n) is 10.2. The molecule has 1 N–H and O–H groups in total. The van der Waals surface area contributed by atoms with E-state index >= 15 is 0 Å². The second-order valence-electron chi connectivity index (χ2n) is 8.69. The molecule has 2 aliphatic rings. The molecule has 166 valence electrons. The van der Waals surface area contributed by atoms with Crippen LogP contribution in [0.1, 0.15) is 36.0 Å². The zero-order chi connectivity index (χ0) is 22.4. The number of nitrogens with one attached hydrogen (secondary N) is 1. The number of hydrogen-bond acceptors (Lipinski definition) is 6. The number of rotatable bonds is 5. The van der Waals surface area contributed by atoms with Gasteiger partial charge in [-0.15, -0.1) is 0 Å². The van der Waals surface area contributed by atoms with E-state index in [0.29, 0.717) is 22.4 Å². The van der Waals surface area contributed by atoms with Gasteiger partial charge in [-0.1, -0.05) is 6.07 Å². The molecule has 0 atom stereocenters. The first-order chi connectivity index (χ1) is 14.5. The lowest BCUT2D eigenvalue weighted by molar-refractivity contribution is 0.102. The summed E-state index contributed by atoms with van der Waals surface area (Å²) in [5.41, 5.74) is 1.76. The first-order valence-corrected chi connectivity index (χ1v) is 14.0. The molecule has 2 fully saturated rings. The average molecular weight is 463 g/mol. The van der Waals surface area contributed by atoms with Crippen LogP contribution in [0.25, 0.3) is 0 Å². The normalized spacial score (nSPS) is 18.1. The minimum absolute atomic E-state index is 0.115. The van der Waals surface area contributed by atoms with Crippen LogP contribution in [-0.2, 0) is 19.7 Å². The van der Waals surface area contributed by atoms with E-state index in [1.807, 2.05) is 0 Å². The highest BCUT2D eigenvalue weighted by molar-refractivity contribution is 7.91. The molecule has 0 aromatic heterocycles. The van der Waals surface area contributed by atoms with Gasteiger partial charge in [-0.3, -0.25) is 4.79 Å². The largest absolute Gasteiger partial charge is 0.371 e. The number of carbonyl (C=O) groups is 1. The van der Waals surface area contributed by atoms with Crippen LogP contribution in [0, 0.1) is 5.41 Å². The average Bonchev–Trinajstić information content (AvgIpc) is 3.46. The van der Waals surface area contributed by atoms with Crippen LogP contribution < -0.4 is 10.2 Å². The smallest absolute Gasteiger partial charge is 0.257 e. The Bertz CT molecular complexity index is 1240. The van der Waals surface area contributed by atoms with E-state index in [4.69, 9.17) is 0 Å². The Labute approximate surface area is 183 Å². The minimum atomic E-state index is -3.42. The van der Waals surface area contributed by atoms with Gasteiger partial charge < -0.3 is 10.2 Å². The third-order valence-corrected chi connectivity index (χ3v) is 8.50. The lowest BCUT2D eigenvalue weighted by atomic mass is 9.93. The third-order valence-electron chi connectivity index (χ3n) is 6.28. The van der Waals surface area contributed by atoms with Crippen LogP contribution >= 0.6 is 0 Å². The van der Waals surface area contributed by atoms with E-state index in [1.165, 1.54) is 37.1 Å². The second kappa shape index (κ2) is 7.63. The molecule has 31 heavy (non-hydrogen) atoms. The van der Waals surface area contributed by atoms with E-state index in [-0.39, 0.29) is 9.79 Å². The molecular formula is C22H26N2O5S2. The number of nitrogens with zero attached hydrogens (tertiary/aromatic N) is 1. The highest BCUT2D eigenvalue weighted by Crippen LogP contribution is 2.54. The Balaban J connectivity index is 1.66. The zero-order valence-electron chi connectivity index (χ0n) is 17.6. The zero-order valence-corrected chi connectivity index (χ0v) is 19.2. The van der Waals surface area contributed by atoms with E-state index in [0.717, 1.165) is 38.4 Å². The molecule has 1 spiro atoms. The third kappa shape index (κ3) is 4.77. The van der Waals surface area contributed by atoms with Crippen molar-refractivity contribution in [3.8, 4) is 0 Å². The maximum Gasteiger partial charge on any atom is 0.257 e. The first kappa shape index (κ1) is 21.8. The Kier molecular flexibility index (Phi) is 5.37. The van der Waals surface area contributed by atoms with Gasteiger partial charge in [0.25, 0.3) is 5.91 Å². The number of hydrogen-bond donors (Lipinski definition) is 1. The topological polar surface area (TPSA) is 101 Å². The van der Waals surface area contributed by atoms with Crippen LogP contribution in [0.2, 0.25) is 0 Å². The van der Waals surface area contributed by atoms with Gasteiger partial charge in [0.2, 0.25) is 0 Å². The molecule has 2 aromatic rings. The quantitative estimate of drug-likeness (QED) is 0.733. The monoisotopic (exact) mass is 462 g/mol. The fraction of sp³-hybridized carbons (Fsp3) is 0.409. The standard InChI is InChI=1S/C22H26N2O5S2/c1-30(26,27)17-5-3-4-16(14-17)23-21(25)19-7-6-18(31(2,28)29)15-20(19)24-12-10-22(8-9-22)11-13-24/h3-7,14-15H,8-13H2,1-2H3,(H,23,25). The van der Waals surface area contributed by atoms with E-state index in [9.17, 15) is 21.6 Å². The predicted octanol–water partition coefficient (Wildman–Crippen LogP) is 3.13. The SMILES string of the molecule is CS(=O)(=O)c1cccc(NC(=O)c2ccc(S(C)(=O)=O)cc2N2CCC3(CC2)CC3)c1. The van der Waals surface area contributed by atoms with Crippen molar-refractivity contribution in [2.75, 3.05) is 35.8 Å². The van der Waals surface area contributed by atoms with Gasteiger partial charge in [-0.25, -0.2) is 16.8 Å². The van der Waals surface area contributed by atoms with Crippen molar-refractivity contribution in [3.05, 3.63) is 48.0 Å². The van der Waals surface area contributed by atoms with Crippen LogP contribution in [0.5, 0.6) is 0 Å². The van der Waals surface area contributed by atoms with E-state index in [1.54, 1.807) is 18.2 Å². The van der Waals surface area contributed by atoms with Gasteiger partial charge >= 0.3 is 0 Å². The van der Waals surface area contributed by atoms with Gasteiger partial charge in [0.1, 0.15) is 0 Å². The van der Waals surface area contributed by atoms with Crippen molar-refractivity contribution >= 4 is 37.0 Å². The Morgan fingerprint density at radius 3 is 2.06 bits per heavy atom. The van der Waals surface area contributed by atoms with Crippen molar-refractivity contribution < 1.29 is 21.6 Å². The molecule has 0 unspecified atom stereocenters. The maximum absolute atomic E-state index is 13.1. The fourth-order valence-electron chi connectivity index (χ4n) is 4.10. The Morgan fingerprint density at radius 1 is 0.871 bits per heavy atom. The van der Waals surface area contributed by atoms with Crippen LogP contribution in [0.15, 0.2) is 52.3 Å². The van der Waals surface area contributed by atoms with Crippen molar-refractivity contribution in [3.63, 3.8) is 0 Å². The molecule has 1 aliphatic carbocycles. The summed E-state index contributed by atoms with van der Waals surface area (Å²) in [6, 6.07) is 10.6. The van der Waals surface area contributed by atoms with E-state index < -0.39 is 25.6 Å². The summed E-state index contributed by atoms with van der Waals surface area (Å²) < 4.78 is 47.8. The van der Waals surface area contributed by atoms with Crippen molar-refractivity contribution in [1.29, 1.82) is 0 Å². The molecule has 1 aliphatic heterocycles. The highest BCUT2D eigenvalue weighted by atomic mass is 32.2. The molecular weight excluding hydrogens is 436 g/mol. The number of amides is 1. The van der Waals surface area contributed by atoms with E-state index in [2.05, 4.69) is 10.2 Å². The van der Waals surface area contributed by atoms with Crippen LogP contribution in [0.4, 0.5) is 11.4 Å². The Hall–Kier alpha value is -2.39. The van der Waals surface area contributed by atoms with Gasteiger partial charge in [0.05, 0.1) is 21.0 Å². The van der Waals surface area contributed by atoms with Crippen LogP contribution in [-0.4, -0.2) is 48.3 Å². The summed E-state index contributed by atoms with van der Waals surface area (Å²) >= 11 is 0. The fourth-order valence-corrected chi connectivity index (χ4v) is 5.41. The molecule has 1 heterocycles. The number of anilines is 2. The van der Waals surface area contributed by atoms with Gasteiger partial charge in [0, 0.05) is 31.3 Å². The molecule has 2 aromatic carbocycles. The summed E-state index contributed by atoms with van der Waals surface area (Å²) in [6.07, 6.45) is 6.82. The van der Waals surface area contributed by atoms with Crippen molar-refractivity contribution in [1.82, 2.24) is 0 Å². The summed E-state index contributed by atoms with van der Waals surface area (Å²) in [5.74, 6) is -0.410. The predicted molar refractivity (Wildman–Crippen MR) is 120 cm³/mol. The number of benzene rings is 2. The molecule has 4 rings (SSSR count). The van der Waals surface area contributed by atoms with Gasteiger partial charge in [-0.05, 0) is 67.5 Å². The summed E-state index contributed by atoms with van der Waals surface area (Å²) in [6.45, 7) is 1.55. The minimum Gasteiger partial charge on any atom is -0.371 e. The number of piperidine rings is 1. The summed E-state index contributed by atoms with van der Waals surface area (Å²) in [5, 5.41) is 2.76. The lowest BCUT2D eigenvalue weighted by Crippen LogP contribution is -2.35.